The van der Waals surface area contributed by atoms with Gasteiger partial charge in [-0.05, 0) is 188 Å². The molecule has 3 nitrogen and oxygen atoms in total. The molecule has 0 unspecified atom stereocenters. The van der Waals surface area contributed by atoms with Gasteiger partial charge in [0.25, 0.3) is 0 Å². The first-order chi connectivity index (χ1) is 27.1. The Hall–Kier alpha value is -1.12. The van der Waals surface area contributed by atoms with Crippen molar-refractivity contribution in [3.05, 3.63) is 28.0 Å². The molecule has 0 aromatic carbocycles. The lowest BCUT2D eigenvalue weighted by Crippen LogP contribution is -2.58. The van der Waals surface area contributed by atoms with Crippen LogP contribution in [0.3, 0.4) is 0 Å². The lowest BCUT2D eigenvalue weighted by Gasteiger charge is -2.61. The Morgan fingerprint density at radius 2 is 1.00 bits per heavy atom. The fourth-order valence-corrected chi connectivity index (χ4v) is 18.9. The highest BCUT2D eigenvalue weighted by atomic mass is 16.5. The molecule has 0 N–H and O–H groups in total. The SMILES string of the molecule is CC(C)CCC[C@@H](C)[C@H]1CC[C@H]2[C@@H]3CC[C@H]4Cc5c(nc6c([n+]5[O-])C[C@@]5(C)[C@@H](CC[C@@H]7[C@@H]5CC[C@]5(C)[C@@H]([C@H](C)CCCC(C)C)CC[C@@H]75)C6)C[C@]4(C)[C@H]3CC[C@]12C. The molecule has 1 aromatic heterocycles. The van der Waals surface area contributed by atoms with Crippen LogP contribution in [0.4, 0.5) is 0 Å². The van der Waals surface area contributed by atoms with Gasteiger partial charge in [-0.25, -0.2) is 4.98 Å². The summed E-state index contributed by atoms with van der Waals surface area (Å²) < 4.78 is 1.55. The molecule has 6 saturated carbocycles. The van der Waals surface area contributed by atoms with Gasteiger partial charge >= 0.3 is 0 Å². The van der Waals surface area contributed by atoms with Gasteiger partial charge < -0.3 is 5.21 Å². The van der Waals surface area contributed by atoms with Gasteiger partial charge in [-0.1, -0.05) is 108 Å². The molecule has 1 aromatic rings. The average Bonchev–Trinajstić information content (AvgIpc) is 3.70. The van der Waals surface area contributed by atoms with E-state index in [0.29, 0.717) is 28.1 Å². The molecule has 6 fully saturated rings. The van der Waals surface area contributed by atoms with Crippen molar-refractivity contribution in [1.29, 1.82) is 0 Å². The summed E-state index contributed by atoms with van der Waals surface area (Å²) in [6, 6.07) is 0. The van der Waals surface area contributed by atoms with Crippen LogP contribution in [0.15, 0.2) is 0 Å². The Kier molecular flexibility index (Phi) is 10.9. The summed E-state index contributed by atoms with van der Waals surface area (Å²) in [5, 5.41) is 14.9. The fraction of sp³-hybridized carbons (Fsp3) is 0.926. The van der Waals surface area contributed by atoms with E-state index in [1.54, 1.807) is 4.73 Å². The first kappa shape index (κ1) is 41.2. The summed E-state index contributed by atoms with van der Waals surface area (Å²) in [4.78, 5) is 5.68. The molecule has 0 bridgehead atoms. The minimum atomic E-state index is 0.251. The highest BCUT2D eigenvalue weighted by Crippen LogP contribution is 2.70. The van der Waals surface area contributed by atoms with E-state index >= 15 is 0 Å². The van der Waals surface area contributed by atoms with Crippen LogP contribution >= 0.6 is 0 Å². The second-order valence-corrected chi connectivity index (χ2v) is 25.3. The zero-order chi connectivity index (χ0) is 40.2. The van der Waals surface area contributed by atoms with Crippen LogP contribution in [-0.4, -0.2) is 4.98 Å². The molecule has 57 heavy (non-hydrogen) atoms. The lowest BCUT2D eigenvalue weighted by molar-refractivity contribution is -0.627. The molecule has 0 aliphatic heterocycles. The molecule has 8 aliphatic carbocycles. The molecule has 8 aliphatic rings. The predicted molar refractivity (Wildman–Crippen MR) is 236 cm³/mol. The minimum absolute atomic E-state index is 0.251. The normalized spacial score (nSPS) is 45.5. The second kappa shape index (κ2) is 15.1. The maximum atomic E-state index is 14.9. The molecule has 0 spiro atoms. The smallest absolute Gasteiger partial charge is 0.215 e. The van der Waals surface area contributed by atoms with Crippen molar-refractivity contribution in [1.82, 2.24) is 4.98 Å². The summed E-state index contributed by atoms with van der Waals surface area (Å²) in [5.41, 5.74) is 6.27. The van der Waals surface area contributed by atoms with Crippen LogP contribution in [0.2, 0.25) is 0 Å². The van der Waals surface area contributed by atoms with Gasteiger partial charge in [0.2, 0.25) is 11.4 Å². The van der Waals surface area contributed by atoms with E-state index < -0.39 is 0 Å². The summed E-state index contributed by atoms with van der Waals surface area (Å²) in [6.07, 6.45) is 29.6. The van der Waals surface area contributed by atoms with Crippen molar-refractivity contribution < 1.29 is 4.73 Å². The molecular weight excluding hydrogens is 693 g/mol. The molecule has 0 amide bonds. The Morgan fingerprint density at radius 1 is 0.526 bits per heavy atom. The van der Waals surface area contributed by atoms with Gasteiger partial charge in [0.1, 0.15) is 11.4 Å². The van der Waals surface area contributed by atoms with Crippen molar-refractivity contribution in [2.24, 2.45) is 105 Å². The molecule has 9 rings (SSSR count). The van der Waals surface area contributed by atoms with E-state index in [0.717, 1.165) is 108 Å². The number of hydrogen-bond donors (Lipinski definition) is 0. The van der Waals surface area contributed by atoms with Gasteiger partial charge in [0.15, 0.2) is 0 Å². The molecule has 320 valence electrons. The van der Waals surface area contributed by atoms with Crippen LogP contribution in [0.25, 0.3) is 0 Å². The Bertz CT molecular complexity index is 1630. The largest absolute Gasteiger partial charge is 0.618 e. The predicted octanol–water partition coefficient (Wildman–Crippen LogP) is 13.8. The first-order valence-electron chi connectivity index (χ1n) is 25.7. The van der Waals surface area contributed by atoms with Crippen molar-refractivity contribution in [3.8, 4) is 0 Å². The highest BCUT2D eigenvalue weighted by Gasteiger charge is 2.64. The van der Waals surface area contributed by atoms with E-state index in [4.69, 9.17) is 4.98 Å². The van der Waals surface area contributed by atoms with Crippen molar-refractivity contribution in [3.63, 3.8) is 0 Å². The maximum Gasteiger partial charge on any atom is 0.215 e. The third-order valence-corrected chi connectivity index (χ3v) is 21.9. The lowest BCUT2D eigenvalue weighted by atomic mass is 9.44. The Morgan fingerprint density at radius 3 is 1.51 bits per heavy atom. The molecule has 0 saturated heterocycles. The number of hydrogen-bond acceptors (Lipinski definition) is 2. The quantitative estimate of drug-likeness (QED) is 0.175. The monoisotopic (exact) mass is 781 g/mol. The van der Waals surface area contributed by atoms with E-state index in [9.17, 15) is 5.21 Å². The van der Waals surface area contributed by atoms with Gasteiger partial charge in [-0.2, -0.15) is 4.73 Å². The van der Waals surface area contributed by atoms with Crippen molar-refractivity contribution in [2.45, 2.75) is 210 Å². The third kappa shape index (κ3) is 6.57. The third-order valence-electron chi connectivity index (χ3n) is 21.9. The number of fused-ring (bicyclic) bond motifs is 12. The van der Waals surface area contributed by atoms with E-state index in [2.05, 4.69) is 69.2 Å². The standard InChI is InChI=1S/C54H88N2O/c1-33(2)13-11-15-35(5)41-21-23-43-39-20-18-38-30-49-48(31-53(38,9)45(39)25-27-51(41,43)7)55-47-29-37-17-19-40-44-24-22-42(36(6)16-12-14-34(3)4)52(44,8)28-26-46(40)54(37,10)32-50(47)56(49)57/h33-46H,11-32H2,1-10H3/t35-,36-,37+,38+,39+,40+,41-,42-,43+,44+,45+,46+,51-,52-,53+,54+/m1/s1. The van der Waals surface area contributed by atoms with E-state index in [1.165, 1.54) is 127 Å². The summed E-state index contributed by atoms with van der Waals surface area (Å²) in [5.74, 6) is 11.7. The maximum absolute atomic E-state index is 14.9. The zero-order valence-electron chi connectivity index (χ0n) is 38.9. The zero-order valence-corrected chi connectivity index (χ0v) is 38.9. The van der Waals surface area contributed by atoms with Gasteiger partial charge in [-0.15, -0.1) is 0 Å². The fourth-order valence-electron chi connectivity index (χ4n) is 18.9. The first-order valence-corrected chi connectivity index (χ1v) is 25.7. The Labute approximate surface area is 351 Å². The molecule has 0 radical (unpaired) electrons. The molecular formula is C54H88N2O. The summed E-state index contributed by atoms with van der Waals surface area (Å²) in [7, 11) is 0. The van der Waals surface area contributed by atoms with Crippen LogP contribution in [-0.2, 0) is 25.7 Å². The topological polar surface area (TPSA) is 39.8 Å². The van der Waals surface area contributed by atoms with Crippen molar-refractivity contribution in [2.75, 3.05) is 0 Å². The van der Waals surface area contributed by atoms with Crippen molar-refractivity contribution >= 4 is 0 Å². The highest BCUT2D eigenvalue weighted by molar-refractivity contribution is 5.27. The van der Waals surface area contributed by atoms with Gasteiger partial charge in [0, 0.05) is 19.3 Å². The van der Waals surface area contributed by atoms with Crippen LogP contribution in [0, 0.1) is 110 Å². The van der Waals surface area contributed by atoms with E-state index in [1.807, 2.05) is 0 Å². The molecule has 16 atom stereocenters. The van der Waals surface area contributed by atoms with Crippen LogP contribution < -0.4 is 4.73 Å². The second-order valence-electron chi connectivity index (χ2n) is 25.3. The summed E-state index contributed by atoms with van der Waals surface area (Å²) in [6.45, 7) is 25.6. The minimum Gasteiger partial charge on any atom is -0.618 e. The van der Waals surface area contributed by atoms with Crippen LogP contribution in [0.5, 0.6) is 0 Å². The van der Waals surface area contributed by atoms with Gasteiger partial charge in [-0.3, -0.25) is 0 Å². The number of nitrogens with zero attached hydrogens (tertiary/aromatic N) is 2. The Balaban J connectivity index is 0.912. The number of rotatable bonds is 10. The van der Waals surface area contributed by atoms with Crippen LogP contribution in [0.1, 0.15) is 208 Å². The molecule has 1 heterocycles. The van der Waals surface area contributed by atoms with Gasteiger partial charge in [0.05, 0.1) is 0 Å². The summed E-state index contributed by atoms with van der Waals surface area (Å²) >= 11 is 0. The number of aromatic nitrogens is 2. The molecule has 3 heteroatoms. The average molecular weight is 781 g/mol. The van der Waals surface area contributed by atoms with E-state index in [-0.39, 0.29) is 5.41 Å².